The highest BCUT2D eigenvalue weighted by Gasteiger charge is 2.30. The monoisotopic (exact) mass is 308 g/mol. The molecule has 0 aliphatic rings. The molecular formula is C16H32Si3. The molecule has 0 aromatic heterocycles. The second-order valence-electron chi connectivity index (χ2n) is 7.46. The first kappa shape index (κ1) is 16.9. The molecule has 2 atom stereocenters. The van der Waals surface area contributed by atoms with Gasteiger partial charge in [-0.3, -0.25) is 0 Å². The third-order valence-corrected chi connectivity index (χ3v) is 14.3. The Labute approximate surface area is 125 Å². The van der Waals surface area contributed by atoms with Gasteiger partial charge in [0.15, 0.2) is 0 Å². The second kappa shape index (κ2) is 7.60. The molecule has 1 aromatic carbocycles. The van der Waals surface area contributed by atoms with E-state index in [9.17, 15) is 0 Å². The zero-order valence-corrected chi connectivity index (χ0v) is 17.2. The summed E-state index contributed by atoms with van der Waals surface area (Å²) in [6.45, 7) is 15.2. The van der Waals surface area contributed by atoms with E-state index in [4.69, 9.17) is 0 Å². The van der Waals surface area contributed by atoms with Crippen molar-refractivity contribution < 1.29 is 0 Å². The van der Waals surface area contributed by atoms with Gasteiger partial charge in [-0.1, -0.05) is 87.7 Å². The van der Waals surface area contributed by atoms with Crippen molar-refractivity contribution in [2.24, 2.45) is 0 Å². The Hall–Kier alpha value is -0.129. The minimum Gasteiger partial charge on any atom is -0.0724 e. The van der Waals surface area contributed by atoms with E-state index in [1.54, 1.807) is 11.2 Å². The van der Waals surface area contributed by atoms with Crippen LogP contribution in [0.15, 0.2) is 30.3 Å². The summed E-state index contributed by atoms with van der Waals surface area (Å²) in [5.41, 5.74) is 3.69. The summed E-state index contributed by atoms with van der Waals surface area (Å²) in [5, 5.41) is 0. The van der Waals surface area contributed by atoms with Crippen LogP contribution in [0.3, 0.4) is 0 Å². The smallest absolute Gasteiger partial charge is 0.0316 e. The summed E-state index contributed by atoms with van der Waals surface area (Å²) in [4.78, 5) is 0. The fourth-order valence-electron chi connectivity index (χ4n) is 3.72. The van der Waals surface area contributed by atoms with Crippen molar-refractivity contribution in [1.82, 2.24) is 0 Å². The van der Waals surface area contributed by atoms with E-state index in [0.717, 1.165) is 0 Å². The zero-order valence-electron chi connectivity index (χ0n) is 13.7. The predicted molar refractivity (Wildman–Crippen MR) is 99.0 cm³/mol. The maximum atomic E-state index is 2.61. The SMILES string of the molecule is C[SiH](C)C[SiH](C)CC(C)(C[SiH](C)C)c1ccccc1. The van der Waals surface area contributed by atoms with Gasteiger partial charge in [-0.2, -0.15) is 0 Å². The van der Waals surface area contributed by atoms with Crippen molar-refractivity contribution in [3.8, 4) is 0 Å². The molecule has 1 rings (SSSR count). The van der Waals surface area contributed by atoms with Crippen molar-refractivity contribution >= 4 is 26.4 Å². The lowest BCUT2D eigenvalue weighted by molar-refractivity contribution is 0.577. The molecule has 108 valence electrons. The second-order valence-corrected chi connectivity index (χ2v) is 18.0. The maximum Gasteiger partial charge on any atom is 0.0316 e. The standard InChI is InChI=1S/C16H32Si3/c1-16(12-17(2)3,13-19(6)14-18(4)5)15-10-8-7-9-11-15/h7-11,17-19H,12-14H2,1-6H3. The van der Waals surface area contributed by atoms with Gasteiger partial charge in [0.25, 0.3) is 0 Å². The first-order chi connectivity index (χ1) is 8.83. The maximum absolute atomic E-state index is 2.61. The number of hydrogen-bond acceptors (Lipinski definition) is 0. The fourth-order valence-corrected chi connectivity index (χ4v) is 15.3. The van der Waals surface area contributed by atoms with Crippen LogP contribution in [0.4, 0.5) is 0 Å². The third kappa shape index (κ3) is 5.79. The molecular weight excluding hydrogens is 276 g/mol. The lowest BCUT2D eigenvalue weighted by Crippen LogP contribution is -2.32. The Morgan fingerprint density at radius 3 is 1.89 bits per heavy atom. The largest absolute Gasteiger partial charge is 0.0724 e. The van der Waals surface area contributed by atoms with E-state index in [1.165, 1.54) is 12.1 Å². The summed E-state index contributed by atoms with van der Waals surface area (Å²) in [5.74, 6) is 0. The van der Waals surface area contributed by atoms with Crippen LogP contribution in [0.1, 0.15) is 12.5 Å². The molecule has 0 bridgehead atoms. The van der Waals surface area contributed by atoms with Crippen molar-refractivity contribution in [2.75, 3.05) is 0 Å². The van der Waals surface area contributed by atoms with E-state index in [-0.39, 0.29) is 8.80 Å². The minimum atomic E-state index is -0.530. The molecule has 0 N–H and O–H groups in total. The summed E-state index contributed by atoms with van der Waals surface area (Å²) in [7, 11) is -1.43. The summed E-state index contributed by atoms with van der Waals surface area (Å²) >= 11 is 0. The van der Waals surface area contributed by atoms with E-state index >= 15 is 0 Å². The molecule has 0 nitrogen and oxygen atoms in total. The van der Waals surface area contributed by atoms with Crippen LogP contribution in [-0.4, -0.2) is 26.4 Å². The topological polar surface area (TPSA) is 0 Å². The van der Waals surface area contributed by atoms with E-state index in [0.29, 0.717) is 5.41 Å². The summed E-state index contributed by atoms with van der Waals surface area (Å²) in [6, 6.07) is 14.3. The Bertz CT molecular complexity index is 362. The number of rotatable bonds is 7. The molecule has 0 saturated heterocycles. The van der Waals surface area contributed by atoms with Gasteiger partial charge in [-0.25, -0.2) is 0 Å². The molecule has 1 aromatic rings. The fraction of sp³-hybridized carbons (Fsp3) is 0.625. The van der Waals surface area contributed by atoms with Gasteiger partial charge in [-0.15, -0.1) is 0 Å². The Kier molecular flexibility index (Phi) is 6.77. The van der Waals surface area contributed by atoms with E-state index < -0.39 is 17.6 Å². The van der Waals surface area contributed by atoms with Crippen molar-refractivity contribution in [2.45, 2.75) is 62.8 Å². The molecule has 0 aliphatic heterocycles. The molecule has 0 aliphatic carbocycles. The Morgan fingerprint density at radius 2 is 1.42 bits per heavy atom. The molecule has 2 unspecified atom stereocenters. The van der Waals surface area contributed by atoms with Crippen LogP contribution < -0.4 is 0 Å². The molecule has 0 radical (unpaired) electrons. The summed E-state index contributed by atoms with van der Waals surface area (Å²) in [6.07, 6.45) is 0. The van der Waals surface area contributed by atoms with Crippen LogP contribution in [0.5, 0.6) is 0 Å². The van der Waals surface area contributed by atoms with Crippen LogP contribution in [0.25, 0.3) is 0 Å². The van der Waals surface area contributed by atoms with Crippen molar-refractivity contribution in [3.05, 3.63) is 35.9 Å². The first-order valence-corrected chi connectivity index (χ1v) is 16.9. The Morgan fingerprint density at radius 1 is 0.842 bits per heavy atom. The predicted octanol–water partition coefficient (Wildman–Crippen LogP) is 4.31. The van der Waals surface area contributed by atoms with Gasteiger partial charge in [0.05, 0.1) is 0 Å². The average Bonchev–Trinajstić information content (AvgIpc) is 2.27. The highest BCUT2D eigenvalue weighted by Crippen LogP contribution is 2.35. The van der Waals surface area contributed by atoms with Crippen LogP contribution in [0.2, 0.25) is 50.5 Å². The van der Waals surface area contributed by atoms with Crippen LogP contribution in [-0.2, 0) is 5.41 Å². The lowest BCUT2D eigenvalue weighted by Gasteiger charge is -2.34. The Balaban J connectivity index is 2.87. The minimum absolute atomic E-state index is 0.374. The quantitative estimate of drug-likeness (QED) is 0.658. The zero-order chi connectivity index (χ0) is 14.5. The molecule has 0 fully saturated rings. The number of benzene rings is 1. The third-order valence-electron chi connectivity index (χ3n) is 4.00. The molecule has 0 amide bonds. The van der Waals surface area contributed by atoms with Gasteiger partial charge in [-0.05, 0) is 11.0 Å². The molecule has 3 heteroatoms. The van der Waals surface area contributed by atoms with Gasteiger partial charge >= 0.3 is 0 Å². The number of hydrogen-bond donors (Lipinski definition) is 0. The van der Waals surface area contributed by atoms with Crippen LogP contribution in [0, 0.1) is 0 Å². The molecule has 0 heterocycles. The van der Waals surface area contributed by atoms with Gasteiger partial charge < -0.3 is 0 Å². The van der Waals surface area contributed by atoms with Crippen molar-refractivity contribution in [1.29, 1.82) is 0 Å². The van der Waals surface area contributed by atoms with E-state index in [1.807, 2.05) is 0 Å². The van der Waals surface area contributed by atoms with Gasteiger partial charge in [0.1, 0.15) is 0 Å². The van der Waals surface area contributed by atoms with E-state index in [2.05, 4.69) is 70.0 Å². The molecule has 19 heavy (non-hydrogen) atoms. The normalized spacial score (nSPS) is 16.6. The van der Waals surface area contributed by atoms with Gasteiger partial charge in [0.2, 0.25) is 0 Å². The summed E-state index contributed by atoms with van der Waals surface area (Å²) < 4.78 is 0. The molecule has 0 spiro atoms. The lowest BCUT2D eigenvalue weighted by atomic mass is 9.86. The average molecular weight is 309 g/mol. The van der Waals surface area contributed by atoms with Crippen LogP contribution >= 0.6 is 0 Å². The first-order valence-electron chi connectivity index (χ1n) is 7.89. The van der Waals surface area contributed by atoms with Crippen molar-refractivity contribution in [3.63, 3.8) is 0 Å². The highest BCUT2D eigenvalue weighted by atomic mass is 28.3. The highest BCUT2D eigenvalue weighted by molar-refractivity contribution is 6.75. The molecule has 0 saturated carbocycles. The van der Waals surface area contributed by atoms with Gasteiger partial charge in [0, 0.05) is 26.4 Å².